The Kier molecular flexibility index (Phi) is 4.29. The van der Waals surface area contributed by atoms with Gasteiger partial charge in [0.25, 0.3) is 0 Å². The highest BCUT2D eigenvalue weighted by Gasteiger charge is 2.34. The number of fused-ring (bicyclic) bond motifs is 4. The van der Waals surface area contributed by atoms with E-state index in [0.29, 0.717) is 0 Å². The summed E-state index contributed by atoms with van der Waals surface area (Å²) in [6.45, 7) is 4.24. The molecule has 2 fully saturated rings. The van der Waals surface area contributed by atoms with E-state index in [9.17, 15) is 0 Å². The number of hydrogen-bond acceptors (Lipinski definition) is 0. The Morgan fingerprint density at radius 1 is 0.650 bits per heavy atom. The minimum absolute atomic E-state index is 0.875. The first-order chi connectivity index (χ1) is 9.80. The number of rotatable bonds is 2. The Morgan fingerprint density at radius 2 is 1.10 bits per heavy atom. The maximum Gasteiger partial charge on any atom is -0.0165 e. The van der Waals surface area contributed by atoms with Gasteiger partial charge in [-0.3, -0.25) is 0 Å². The monoisotopic (exact) mass is 268 g/mol. The van der Waals surface area contributed by atoms with Crippen molar-refractivity contribution < 1.29 is 0 Å². The van der Waals surface area contributed by atoms with Gasteiger partial charge in [-0.15, -0.1) is 0 Å². The van der Waals surface area contributed by atoms with Gasteiger partial charge in [-0.25, -0.2) is 0 Å². The van der Waals surface area contributed by atoms with Crippen molar-refractivity contribution in [2.45, 2.75) is 39.5 Å². The van der Waals surface area contributed by atoms with Gasteiger partial charge in [0.05, 0.1) is 0 Å². The molecule has 0 N–H and O–H groups in total. The molecule has 6 atom stereocenters. The topological polar surface area (TPSA) is 0 Å². The molecule has 0 heterocycles. The lowest BCUT2D eigenvalue weighted by Gasteiger charge is -2.12. The summed E-state index contributed by atoms with van der Waals surface area (Å²) < 4.78 is 0. The molecule has 0 saturated heterocycles. The van der Waals surface area contributed by atoms with Crippen molar-refractivity contribution in [3.8, 4) is 0 Å². The molecule has 0 amide bonds. The largest absolute Gasteiger partial charge is 0.0914 e. The molecule has 0 radical (unpaired) electrons. The van der Waals surface area contributed by atoms with Gasteiger partial charge in [-0.05, 0) is 75.0 Å². The van der Waals surface area contributed by atoms with Gasteiger partial charge in [0.15, 0.2) is 0 Å². The summed E-state index contributed by atoms with van der Waals surface area (Å²) in [6, 6.07) is 0. The minimum atomic E-state index is 0.875. The highest BCUT2D eigenvalue weighted by atomic mass is 14.4. The summed E-state index contributed by atoms with van der Waals surface area (Å²) in [6.07, 6.45) is 24.4. The second kappa shape index (κ2) is 6.16. The van der Waals surface area contributed by atoms with Crippen LogP contribution in [-0.4, -0.2) is 0 Å². The predicted molar refractivity (Wildman–Crippen MR) is 87.3 cm³/mol. The smallest absolute Gasteiger partial charge is 0.0165 e. The molecule has 0 nitrogen and oxygen atoms in total. The lowest BCUT2D eigenvalue weighted by Crippen LogP contribution is -2.02. The fourth-order valence-electron chi connectivity index (χ4n) is 4.58. The molecule has 0 heteroatoms. The third kappa shape index (κ3) is 2.85. The third-order valence-electron chi connectivity index (χ3n) is 5.54. The third-order valence-corrected chi connectivity index (χ3v) is 5.54. The van der Waals surface area contributed by atoms with Crippen LogP contribution in [0.5, 0.6) is 0 Å². The van der Waals surface area contributed by atoms with Crippen LogP contribution in [-0.2, 0) is 0 Å². The van der Waals surface area contributed by atoms with Crippen molar-refractivity contribution in [3.63, 3.8) is 0 Å². The fraction of sp³-hybridized carbons (Fsp3) is 0.600. The van der Waals surface area contributed by atoms with Crippen LogP contribution in [0.2, 0.25) is 0 Å². The van der Waals surface area contributed by atoms with Crippen LogP contribution in [0.4, 0.5) is 0 Å². The molecule has 0 aromatic rings. The lowest BCUT2D eigenvalue weighted by molar-refractivity contribution is 0.549. The Labute approximate surface area is 124 Å². The van der Waals surface area contributed by atoms with Crippen molar-refractivity contribution in [2.75, 3.05) is 0 Å². The van der Waals surface area contributed by atoms with Crippen molar-refractivity contribution in [1.29, 1.82) is 0 Å². The Hall–Kier alpha value is -1.04. The Balaban J connectivity index is 0.000000121. The minimum Gasteiger partial charge on any atom is -0.0914 e. The standard InChI is InChI=1S/2C10H14/c2*1-2-3-9-6-8-4-5-10(9)7-8/h2*2-5,8-10H,6-7H2,1H3. The van der Waals surface area contributed by atoms with E-state index < -0.39 is 0 Å². The molecule has 108 valence electrons. The SMILES string of the molecule is CC=CC1CC2C=CC1C2.CC=CC1CC2C=CC1C2. The first-order valence-corrected chi connectivity index (χ1v) is 8.42. The van der Waals surface area contributed by atoms with E-state index >= 15 is 0 Å². The summed E-state index contributed by atoms with van der Waals surface area (Å²) in [4.78, 5) is 0. The van der Waals surface area contributed by atoms with Gasteiger partial charge >= 0.3 is 0 Å². The summed E-state index contributed by atoms with van der Waals surface area (Å²) in [5.74, 6) is 5.37. The van der Waals surface area contributed by atoms with Crippen LogP contribution in [0.1, 0.15) is 39.5 Å². The summed E-state index contributed by atoms with van der Waals surface area (Å²) in [7, 11) is 0. The van der Waals surface area contributed by atoms with E-state index in [1.807, 2.05) is 0 Å². The normalized spacial score (nSPS) is 43.9. The van der Waals surface area contributed by atoms with Crippen molar-refractivity contribution >= 4 is 0 Å². The van der Waals surface area contributed by atoms with E-state index in [1.54, 1.807) is 0 Å². The number of allylic oxidation sites excluding steroid dienone is 8. The maximum atomic E-state index is 2.40. The maximum absolute atomic E-state index is 2.40. The molecule has 4 rings (SSSR count). The lowest BCUT2D eigenvalue weighted by atomic mass is 9.93. The Morgan fingerprint density at radius 3 is 1.35 bits per heavy atom. The van der Waals surface area contributed by atoms with E-state index in [0.717, 1.165) is 35.5 Å². The first-order valence-electron chi connectivity index (χ1n) is 8.42. The molecular weight excluding hydrogens is 240 g/mol. The van der Waals surface area contributed by atoms with Gasteiger partial charge < -0.3 is 0 Å². The summed E-state index contributed by atoms with van der Waals surface area (Å²) in [5.41, 5.74) is 0. The molecule has 6 unspecified atom stereocenters. The predicted octanol–water partition coefficient (Wildman–Crippen LogP) is 5.55. The van der Waals surface area contributed by atoms with Crippen LogP contribution in [0.15, 0.2) is 48.6 Å². The molecule has 0 aromatic carbocycles. The van der Waals surface area contributed by atoms with Gasteiger partial charge in [0, 0.05) is 0 Å². The second-order valence-electron chi connectivity index (χ2n) is 6.94. The molecule has 0 spiro atoms. The summed E-state index contributed by atoms with van der Waals surface area (Å²) in [5, 5.41) is 0. The molecule has 0 aromatic heterocycles. The summed E-state index contributed by atoms with van der Waals surface area (Å²) >= 11 is 0. The van der Waals surface area contributed by atoms with Crippen LogP contribution < -0.4 is 0 Å². The first kappa shape index (κ1) is 13.9. The van der Waals surface area contributed by atoms with E-state index in [4.69, 9.17) is 0 Å². The van der Waals surface area contributed by atoms with Crippen LogP contribution in [0, 0.1) is 35.5 Å². The molecule has 4 bridgehead atoms. The second-order valence-corrected chi connectivity index (χ2v) is 6.94. The van der Waals surface area contributed by atoms with E-state index in [2.05, 4.69) is 62.5 Å². The van der Waals surface area contributed by atoms with Crippen molar-refractivity contribution in [2.24, 2.45) is 35.5 Å². The molecular formula is C20H28. The van der Waals surface area contributed by atoms with E-state index in [-0.39, 0.29) is 0 Å². The van der Waals surface area contributed by atoms with Crippen molar-refractivity contribution in [1.82, 2.24) is 0 Å². The average molecular weight is 268 g/mol. The zero-order chi connectivity index (χ0) is 13.9. The van der Waals surface area contributed by atoms with Gasteiger partial charge in [0.1, 0.15) is 0 Å². The van der Waals surface area contributed by atoms with Gasteiger partial charge in [0.2, 0.25) is 0 Å². The van der Waals surface area contributed by atoms with Crippen LogP contribution in [0.3, 0.4) is 0 Å². The number of hydrogen-bond donors (Lipinski definition) is 0. The van der Waals surface area contributed by atoms with Crippen LogP contribution in [0.25, 0.3) is 0 Å². The average Bonchev–Trinajstić information content (AvgIpc) is 3.21. The zero-order valence-corrected chi connectivity index (χ0v) is 12.9. The molecule has 2 saturated carbocycles. The molecule has 20 heavy (non-hydrogen) atoms. The highest BCUT2D eigenvalue weighted by Crippen LogP contribution is 2.44. The fourth-order valence-corrected chi connectivity index (χ4v) is 4.58. The Bertz CT molecular complexity index is 395. The quantitative estimate of drug-likeness (QED) is 0.576. The van der Waals surface area contributed by atoms with Crippen LogP contribution >= 0.6 is 0 Å². The van der Waals surface area contributed by atoms with Gasteiger partial charge in [-0.1, -0.05) is 48.6 Å². The molecule has 4 aliphatic rings. The highest BCUT2D eigenvalue weighted by molar-refractivity contribution is 5.14. The van der Waals surface area contributed by atoms with Gasteiger partial charge in [-0.2, -0.15) is 0 Å². The van der Waals surface area contributed by atoms with E-state index in [1.165, 1.54) is 25.7 Å². The van der Waals surface area contributed by atoms with Crippen molar-refractivity contribution in [3.05, 3.63) is 48.6 Å². The zero-order valence-electron chi connectivity index (χ0n) is 12.9. The molecule has 4 aliphatic carbocycles. The molecule has 0 aliphatic heterocycles.